The maximum atomic E-state index is 12.0. The first-order valence-corrected chi connectivity index (χ1v) is 8.02. The van der Waals surface area contributed by atoms with Crippen molar-refractivity contribution in [1.82, 2.24) is 0 Å². The lowest BCUT2D eigenvalue weighted by molar-refractivity contribution is 0.591. The maximum absolute atomic E-state index is 12.0. The van der Waals surface area contributed by atoms with E-state index in [0.717, 1.165) is 21.2 Å². The Bertz CT molecular complexity index is 499. The van der Waals surface area contributed by atoms with Crippen molar-refractivity contribution in [3.63, 3.8) is 0 Å². The Hall–Kier alpha value is -0.300. The molecule has 1 aliphatic rings. The summed E-state index contributed by atoms with van der Waals surface area (Å²) in [5.41, 5.74) is 2.01. The molecule has 0 bridgehead atoms. The summed E-state index contributed by atoms with van der Waals surface area (Å²) in [6.45, 7) is 2.49. The molecule has 1 aromatic carbocycles. The highest BCUT2D eigenvalue weighted by atomic mass is 127. The minimum absolute atomic E-state index is 0.235. The van der Waals surface area contributed by atoms with Crippen LogP contribution in [0.5, 0.6) is 0 Å². The molecule has 0 aliphatic carbocycles. The summed E-state index contributed by atoms with van der Waals surface area (Å²) in [4.78, 5) is 0. The third-order valence-electron chi connectivity index (χ3n) is 2.69. The summed E-state index contributed by atoms with van der Waals surface area (Å²) in [6.07, 6.45) is 1.49. The summed E-state index contributed by atoms with van der Waals surface area (Å²) in [6, 6.07) is 5.94. The molecule has 0 unspecified atom stereocenters. The molecule has 0 N–H and O–H groups in total. The van der Waals surface area contributed by atoms with Crippen LogP contribution in [0.1, 0.15) is 18.9 Å². The van der Waals surface area contributed by atoms with E-state index in [-0.39, 0.29) is 5.75 Å². The van der Waals surface area contributed by atoms with E-state index in [1.807, 2.05) is 19.1 Å². The molecule has 0 aromatic heterocycles. The minimum Gasteiger partial charge on any atom is -0.270 e. The van der Waals surface area contributed by atoms with Gasteiger partial charge in [-0.05, 0) is 59.2 Å². The number of anilines is 1. The molecule has 0 fully saturated rings. The second kappa shape index (κ2) is 4.52. The zero-order valence-corrected chi connectivity index (χ0v) is 12.1. The number of nitrogens with zero attached hydrogens (tertiary/aromatic N) is 1. The standard InChI is InChI=1S/C11H14INO2S/c1-2-7-16(14,15)13-6-5-9-8-10(12)3-4-11(9)13/h3-4,8H,2,5-7H2,1H3. The largest absolute Gasteiger partial charge is 0.270 e. The number of hydrogen-bond donors (Lipinski definition) is 0. The molecular weight excluding hydrogens is 337 g/mol. The van der Waals surface area contributed by atoms with E-state index in [1.165, 1.54) is 0 Å². The van der Waals surface area contributed by atoms with Crippen LogP contribution in [-0.2, 0) is 16.4 Å². The van der Waals surface area contributed by atoms with Crippen molar-refractivity contribution in [2.24, 2.45) is 0 Å². The monoisotopic (exact) mass is 351 g/mol. The molecule has 0 spiro atoms. The molecule has 1 heterocycles. The van der Waals surface area contributed by atoms with Crippen molar-refractivity contribution < 1.29 is 8.42 Å². The highest BCUT2D eigenvalue weighted by molar-refractivity contribution is 14.1. The van der Waals surface area contributed by atoms with Crippen LogP contribution in [0, 0.1) is 3.57 Å². The van der Waals surface area contributed by atoms with Crippen LogP contribution in [0.25, 0.3) is 0 Å². The van der Waals surface area contributed by atoms with E-state index < -0.39 is 10.0 Å². The molecule has 2 rings (SSSR count). The van der Waals surface area contributed by atoms with E-state index in [4.69, 9.17) is 0 Å². The average molecular weight is 351 g/mol. The topological polar surface area (TPSA) is 37.4 Å². The fourth-order valence-electron chi connectivity index (χ4n) is 2.00. The first kappa shape index (κ1) is 12.2. The lowest BCUT2D eigenvalue weighted by atomic mass is 10.2. The van der Waals surface area contributed by atoms with Crippen molar-refractivity contribution in [3.05, 3.63) is 27.3 Å². The Labute approximate surface area is 110 Å². The first-order valence-electron chi connectivity index (χ1n) is 5.33. The predicted octanol–water partition coefficient (Wildman–Crippen LogP) is 2.39. The molecule has 1 aliphatic heterocycles. The minimum atomic E-state index is -3.11. The van der Waals surface area contributed by atoms with Crippen molar-refractivity contribution in [1.29, 1.82) is 0 Å². The van der Waals surface area contributed by atoms with Crippen LogP contribution in [0.2, 0.25) is 0 Å². The number of benzene rings is 1. The van der Waals surface area contributed by atoms with Crippen molar-refractivity contribution >= 4 is 38.3 Å². The molecule has 16 heavy (non-hydrogen) atoms. The second-order valence-corrected chi connectivity index (χ2v) is 7.17. The molecule has 3 nitrogen and oxygen atoms in total. The van der Waals surface area contributed by atoms with Crippen molar-refractivity contribution in [3.8, 4) is 0 Å². The van der Waals surface area contributed by atoms with Gasteiger partial charge in [0.05, 0.1) is 11.4 Å². The van der Waals surface area contributed by atoms with Crippen molar-refractivity contribution in [2.75, 3.05) is 16.6 Å². The molecule has 5 heteroatoms. The van der Waals surface area contributed by atoms with Crippen LogP contribution < -0.4 is 4.31 Å². The van der Waals surface area contributed by atoms with Gasteiger partial charge in [-0.3, -0.25) is 4.31 Å². The number of halogens is 1. The molecule has 0 atom stereocenters. The van der Waals surface area contributed by atoms with E-state index in [2.05, 4.69) is 28.7 Å². The Morgan fingerprint density at radius 1 is 1.44 bits per heavy atom. The van der Waals surface area contributed by atoms with Gasteiger partial charge in [0.1, 0.15) is 0 Å². The summed E-state index contributed by atoms with van der Waals surface area (Å²) in [5, 5.41) is 0. The van der Waals surface area contributed by atoms with Crippen molar-refractivity contribution in [2.45, 2.75) is 19.8 Å². The SMILES string of the molecule is CCCS(=O)(=O)N1CCc2cc(I)ccc21. The summed E-state index contributed by atoms with van der Waals surface area (Å²) < 4.78 is 26.7. The Balaban J connectivity index is 2.37. The Morgan fingerprint density at radius 2 is 2.19 bits per heavy atom. The molecule has 0 amide bonds. The predicted molar refractivity (Wildman–Crippen MR) is 74.3 cm³/mol. The third-order valence-corrected chi connectivity index (χ3v) is 5.34. The smallest absolute Gasteiger partial charge is 0.235 e. The van der Waals surface area contributed by atoms with E-state index >= 15 is 0 Å². The fourth-order valence-corrected chi connectivity index (χ4v) is 4.14. The lowest BCUT2D eigenvalue weighted by Gasteiger charge is -2.18. The first-order chi connectivity index (χ1) is 7.54. The number of hydrogen-bond acceptors (Lipinski definition) is 2. The van der Waals surface area contributed by atoms with Gasteiger partial charge >= 0.3 is 0 Å². The second-order valence-electron chi connectivity index (χ2n) is 3.91. The fraction of sp³-hybridized carbons (Fsp3) is 0.455. The van der Waals surface area contributed by atoms with Crippen LogP contribution >= 0.6 is 22.6 Å². The number of rotatable bonds is 3. The van der Waals surface area contributed by atoms with Gasteiger partial charge in [0.25, 0.3) is 0 Å². The molecule has 88 valence electrons. The average Bonchev–Trinajstić information content (AvgIpc) is 2.60. The molecular formula is C11H14INO2S. The summed E-state index contributed by atoms with van der Waals surface area (Å²) >= 11 is 2.25. The highest BCUT2D eigenvalue weighted by Gasteiger charge is 2.28. The molecule has 0 saturated carbocycles. The highest BCUT2D eigenvalue weighted by Crippen LogP contribution is 2.31. The van der Waals surface area contributed by atoms with Gasteiger partial charge in [0, 0.05) is 10.1 Å². The maximum Gasteiger partial charge on any atom is 0.235 e. The van der Waals surface area contributed by atoms with Crippen LogP contribution in [0.3, 0.4) is 0 Å². The van der Waals surface area contributed by atoms with Crippen LogP contribution in [0.4, 0.5) is 5.69 Å². The quantitative estimate of drug-likeness (QED) is 0.785. The van der Waals surface area contributed by atoms with Crippen LogP contribution in [-0.4, -0.2) is 20.7 Å². The van der Waals surface area contributed by atoms with Gasteiger partial charge in [-0.25, -0.2) is 8.42 Å². The Kier molecular flexibility index (Phi) is 3.44. The zero-order chi connectivity index (χ0) is 11.8. The van der Waals surface area contributed by atoms with Gasteiger partial charge in [-0.1, -0.05) is 6.92 Å². The third kappa shape index (κ3) is 2.20. The van der Waals surface area contributed by atoms with Gasteiger partial charge in [-0.15, -0.1) is 0 Å². The number of fused-ring (bicyclic) bond motifs is 1. The zero-order valence-electron chi connectivity index (χ0n) is 9.11. The van der Waals surface area contributed by atoms with E-state index in [9.17, 15) is 8.42 Å². The van der Waals surface area contributed by atoms with Crippen LogP contribution in [0.15, 0.2) is 18.2 Å². The van der Waals surface area contributed by atoms with Gasteiger partial charge in [0.2, 0.25) is 10.0 Å². The van der Waals surface area contributed by atoms with E-state index in [0.29, 0.717) is 13.0 Å². The van der Waals surface area contributed by atoms with Gasteiger partial charge in [-0.2, -0.15) is 0 Å². The summed E-state index contributed by atoms with van der Waals surface area (Å²) in [5.74, 6) is 0.235. The summed E-state index contributed by atoms with van der Waals surface area (Å²) in [7, 11) is -3.11. The molecule has 0 radical (unpaired) electrons. The van der Waals surface area contributed by atoms with E-state index in [1.54, 1.807) is 4.31 Å². The number of sulfonamides is 1. The van der Waals surface area contributed by atoms with Gasteiger partial charge in [0.15, 0.2) is 0 Å². The normalized spacial score (nSPS) is 15.2. The Morgan fingerprint density at radius 3 is 2.88 bits per heavy atom. The van der Waals surface area contributed by atoms with Gasteiger partial charge < -0.3 is 0 Å². The molecule has 0 saturated heterocycles. The lowest BCUT2D eigenvalue weighted by Crippen LogP contribution is -2.31. The molecule has 1 aromatic rings.